The number of hydrogen-bond donors (Lipinski definition) is 0. The molecule has 3 nitrogen and oxygen atoms in total. The van der Waals surface area contributed by atoms with Crippen LogP contribution >= 0.6 is 0 Å². The van der Waals surface area contributed by atoms with Gasteiger partial charge in [0.05, 0.1) is 16.8 Å². The van der Waals surface area contributed by atoms with E-state index in [4.69, 9.17) is 8.83 Å². The molecule has 8 aromatic carbocycles. The Morgan fingerprint density at radius 2 is 1.02 bits per heavy atom. The van der Waals surface area contributed by atoms with Crippen LogP contribution in [0.3, 0.4) is 0 Å². The Kier molecular flexibility index (Phi) is 6.18. The summed E-state index contributed by atoms with van der Waals surface area (Å²) >= 11 is 0. The summed E-state index contributed by atoms with van der Waals surface area (Å²) in [5, 5.41) is 6.70. The Balaban J connectivity index is 1.26. The third-order valence-electron chi connectivity index (χ3n) is 9.65. The molecule has 0 saturated carbocycles. The van der Waals surface area contributed by atoms with E-state index in [9.17, 15) is 0 Å². The summed E-state index contributed by atoms with van der Waals surface area (Å²) in [5.74, 6) is 0. The normalized spacial score (nSPS) is 11.7. The first-order valence-electron chi connectivity index (χ1n) is 16.6. The van der Waals surface area contributed by atoms with E-state index >= 15 is 0 Å². The van der Waals surface area contributed by atoms with Gasteiger partial charge in [0, 0.05) is 32.8 Å². The minimum atomic E-state index is 0.858. The number of nitrogens with zero attached hydrogens (tertiary/aromatic N) is 1. The van der Waals surface area contributed by atoms with Crippen molar-refractivity contribution in [3.05, 3.63) is 176 Å². The van der Waals surface area contributed by atoms with Crippen LogP contribution in [0.15, 0.2) is 185 Å². The van der Waals surface area contributed by atoms with E-state index in [0.717, 1.165) is 94.0 Å². The zero-order valence-corrected chi connectivity index (χ0v) is 26.5. The van der Waals surface area contributed by atoms with Gasteiger partial charge in [-0.15, -0.1) is 0 Å². The summed E-state index contributed by atoms with van der Waals surface area (Å²) < 4.78 is 13.0. The van der Waals surface area contributed by atoms with Crippen molar-refractivity contribution in [2.45, 2.75) is 0 Å². The molecule has 0 atom stereocenters. The van der Waals surface area contributed by atoms with Crippen LogP contribution in [0.25, 0.3) is 76.9 Å². The molecule has 2 aromatic heterocycles. The molecule has 10 rings (SSSR count). The second-order valence-corrected chi connectivity index (χ2v) is 12.5. The highest BCUT2D eigenvalue weighted by Gasteiger charge is 2.23. The van der Waals surface area contributed by atoms with Crippen molar-refractivity contribution in [1.29, 1.82) is 0 Å². The Bertz CT molecular complexity index is 2840. The lowest BCUT2D eigenvalue weighted by molar-refractivity contribution is 0.669. The first-order valence-corrected chi connectivity index (χ1v) is 16.6. The van der Waals surface area contributed by atoms with Crippen molar-refractivity contribution >= 4 is 71.7 Å². The third-order valence-corrected chi connectivity index (χ3v) is 9.65. The number of anilines is 3. The maximum absolute atomic E-state index is 6.68. The van der Waals surface area contributed by atoms with Gasteiger partial charge in [-0.2, -0.15) is 0 Å². The Hall–Kier alpha value is -6.58. The van der Waals surface area contributed by atoms with Gasteiger partial charge in [-0.1, -0.05) is 127 Å². The molecule has 0 amide bonds. The van der Waals surface area contributed by atoms with Crippen LogP contribution < -0.4 is 4.90 Å². The van der Waals surface area contributed by atoms with Crippen molar-refractivity contribution in [2.24, 2.45) is 0 Å². The number of hydrogen-bond acceptors (Lipinski definition) is 3. The maximum atomic E-state index is 6.68. The molecule has 2 heterocycles. The van der Waals surface area contributed by atoms with Crippen LogP contribution in [0.2, 0.25) is 0 Å². The number of furan rings is 2. The zero-order chi connectivity index (χ0) is 32.3. The van der Waals surface area contributed by atoms with E-state index in [2.05, 4.69) is 169 Å². The molecule has 0 spiro atoms. The molecule has 0 unspecified atom stereocenters. The molecule has 0 fully saturated rings. The average Bonchev–Trinajstić information content (AvgIpc) is 3.75. The van der Waals surface area contributed by atoms with Gasteiger partial charge in [0.2, 0.25) is 0 Å². The van der Waals surface area contributed by atoms with Crippen LogP contribution in [0.4, 0.5) is 17.1 Å². The van der Waals surface area contributed by atoms with Crippen molar-refractivity contribution in [2.75, 3.05) is 4.90 Å². The average molecular weight is 628 g/mol. The lowest BCUT2D eigenvalue weighted by Gasteiger charge is -2.29. The second-order valence-electron chi connectivity index (χ2n) is 12.5. The fraction of sp³-hybridized carbons (Fsp3) is 0. The molecule has 0 saturated heterocycles. The SMILES string of the molecule is c1ccc(-c2ccccc2N(c2cccc(-c3cccc4oc5ccccc5c34)c2)c2cccc3oc4c5ccccc5ccc4c23)cc1. The van der Waals surface area contributed by atoms with Gasteiger partial charge in [0.15, 0.2) is 0 Å². The largest absolute Gasteiger partial charge is 0.456 e. The molecule has 0 aliphatic rings. The lowest BCUT2D eigenvalue weighted by Crippen LogP contribution is -2.11. The van der Waals surface area contributed by atoms with Gasteiger partial charge in [0.25, 0.3) is 0 Å². The van der Waals surface area contributed by atoms with Gasteiger partial charge in [-0.3, -0.25) is 0 Å². The summed E-state index contributed by atoms with van der Waals surface area (Å²) in [6, 6.07) is 62.0. The van der Waals surface area contributed by atoms with Crippen LogP contribution in [-0.2, 0) is 0 Å². The predicted molar refractivity (Wildman–Crippen MR) is 204 cm³/mol. The Labute approximate surface area is 282 Å². The number of fused-ring (bicyclic) bond motifs is 8. The molecule has 10 aromatic rings. The quantitative estimate of drug-likeness (QED) is 0.190. The molecular weight excluding hydrogens is 599 g/mol. The lowest BCUT2D eigenvalue weighted by atomic mass is 9.97. The summed E-state index contributed by atoms with van der Waals surface area (Å²) in [5.41, 5.74) is 11.3. The highest BCUT2D eigenvalue weighted by molar-refractivity contribution is 6.20. The molecule has 0 aliphatic carbocycles. The third kappa shape index (κ3) is 4.37. The number of benzene rings is 8. The number of para-hydroxylation sites is 2. The van der Waals surface area contributed by atoms with Crippen molar-refractivity contribution in [1.82, 2.24) is 0 Å². The van der Waals surface area contributed by atoms with Crippen molar-refractivity contribution < 1.29 is 8.83 Å². The highest BCUT2D eigenvalue weighted by atomic mass is 16.3. The molecule has 0 N–H and O–H groups in total. The van der Waals surface area contributed by atoms with Crippen molar-refractivity contribution in [3.8, 4) is 22.3 Å². The van der Waals surface area contributed by atoms with E-state index < -0.39 is 0 Å². The summed E-state index contributed by atoms with van der Waals surface area (Å²) in [6.45, 7) is 0. The van der Waals surface area contributed by atoms with E-state index in [0.29, 0.717) is 0 Å². The first-order chi connectivity index (χ1) is 24.3. The second kappa shape index (κ2) is 11.0. The van der Waals surface area contributed by atoms with Gasteiger partial charge in [0.1, 0.15) is 22.3 Å². The van der Waals surface area contributed by atoms with Crippen LogP contribution in [-0.4, -0.2) is 0 Å². The minimum absolute atomic E-state index is 0.858. The smallest absolute Gasteiger partial charge is 0.143 e. The summed E-state index contributed by atoms with van der Waals surface area (Å²) in [6.07, 6.45) is 0. The van der Waals surface area contributed by atoms with Gasteiger partial charge >= 0.3 is 0 Å². The molecule has 0 bridgehead atoms. The Morgan fingerprint density at radius 3 is 1.94 bits per heavy atom. The van der Waals surface area contributed by atoms with Gasteiger partial charge in [-0.05, 0) is 70.6 Å². The highest BCUT2D eigenvalue weighted by Crippen LogP contribution is 2.47. The first kappa shape index (κ1) is 27.5. The van der Waals surface area contributed by atoms with E-state index in [-0.39, 0.29) is 0 Å². The topological polar surface area (TPSA) is 29.5 Å². The predicted octanol–water partition coefficient (Wildman–Crippen LogP) is 13.4. The van der Waals surface area contributed by atoms with Crippen LogP contribution in [0.1, 0.15) is 0 Å². The van der Waals surface area contributed by atoms with Crippen LogP contribution in [0.5, 0.6) is 0 Å². The summed E-state index contributed by atoms with van der Waals surface area (Å²) in [4.78, 5) is 2.39. The minimum Gasteiger partial charge on any atom is -0.456 e. The van der Waals surface area contributed by atoms with E-state index in [1.165, 1.54) is 0 Å². The molecule has 3 heteroatoms. The zero-order valence-electron chi connectivity index (χ0n) is 26.5. The van der Waals surface area contributed by atoms with E-state index in [1.807, 2.05) is 12.1 Å². The standard InChI is InChI=1S/C46H29NO2/c1-2-13-30(14-3-1)34-18-6-8-22-39(34)47(40-23-12-26-43-45(40)38-28-27-31-15-4-5-19-36(31)46(38)49-43)33-17-10-16-32(29-33)35-21-11-25-42-44(35)37-20-7-9-24-41(37)48-42/h1-29H. The molecule has 49 heavy (non-hydrogen) atoms. The molecule has 0 radical (unpaired) electrons. The maximum Gasteiger partial charge on any atom is 0.143 e. The van der Waals surface area contributed by atoms with Crippen LogP contribution in [0, 0.1) is 0 Å². The van der Waals surface area contributed by atoms with E-state index in [1.54, 1.807) is 0 Å². The fourth-order valence-corrected chi connectivity index (χ4v) is 7.49. The summed E-state index contributed by atoms with van der Waals surface area (Å²) in [7, 11) is 0. The fourth-order valence-electron chi connectivity index (χ4n) is 7.49. The van der Waals surface area contributed by atoms with Gasteiger partial charge in [-0.25, -0.2) is 0 Å². The molecule has 230 valence electrons. The monoisotopic (exact) mass is 627 g/mol. The van der Waals surface area contributed by atoms with Crippen molar-refractivity contribution in [3.63, 3.8) is 0 Å². The molecular formula is C46H29NO2. The van der Waals surface area contributed by atoms with Gasteiger partial charge < -0.3 is 13.7 Å². The number of rotatable bonds is 5. The Morgan fingerprint density at radius 1 is 0.367 bits per heavy atom. The molecule has 0 aliphatic heterocycles.